The molecule has 0 saturated carbocycles. The molecule has 0 saturated heterocycles. The van der Waals surface area contributed by atoms with Crippen LogP contribution in [-0.4, -0.2) is 18.1 Å². The predicted octanol–water partition coefficient (Wildman–Crippen LogP) is 1.82. The summed E-state index contributed by atoms with van der Waals surface area (Å²) in [5.74, 6) is -0.428. The Kier molecular flexibility index (Phi) is 2.80. The van der Waals surface area contributed by atoms with Gasteiger partial charge >= 0.3 is 5.97 Å². The summed E-state index contributed by atoms with van der Waals surface area (Å²) in [4.78, 5) is 15.1. The van der Waals surface area contributed by atoms with Gasteiger partial charge in [-0.15, -0.1) is 0 Å². The van der Waals surface area contributed by atoms with Crippen LogP contribution in [0.4, 0.5) is 0 Å². The van der Waals surface area contributed by atoms with Gasteiger partial charge in [0, 0.05) is 0 Å². The molecule has 3 nitrogen and oxygen atoms in total. The minimum atomic E-state index is -0.428. The van der Waals surface area contributed by atoms with Crippen LogP contribution < -0.4 is 0 Å². The Morgan fingerprint density at radius 2 is 2.31 bits per heavy atom. The third-order valence-corrected chi connectivity index (χ3v) is 1.72. The lowest BCUT2D eigenvalue weighted by Crippen LogP contribution is -2.05. The molecule has 0 amide bonds. The largest absolute Gasteiger partial charge is 0.464 e. The van der Waals surface area contributed by atoms with Crippen LogP contribution in [0.2, 0.25) is 0 Å². The Morgan fingerprint density at radius 3 is 2.85 bits per heavy atom. The summed E-state index contributed by atoms with van der Waals surface area (Å²) in [5.41, 5.74) is 2.01. The standard InChI is InChI=1S/C10H11NO2/c1-4-8-7(2)5-6-9(11-8)10(12)13-3/h4-6H,1H2,2-3H3. The van der Waals surface area contributed by atoms with E-state index >= 15 is 0 Å². The maximum atomic E-state index is 11.1. The number of rotatable bonds is 2. The van der Waals surface area contributed by atoms with Crippen molar-refractivity contribution >= 4 is 12.0 Å². The zero-order valence-electron chi connectivity index (χ0n) is 7.70. The summed E-state index contributed by atoms with van der Waals surface area (Å²) in [5, 5.41) is 0. The molecule has 0 unspecified atom stereocenters. The van der Waals surface area contributed by atoms with E-state index in [0.29, 0.717) is 11.4 Å². The highest BCUT2D eigenvalue weighted by molar-refractivity contribution is 5.87. The first-order valence-corrected chi connectivity index (χ1v) is 3.87. The molecule has 1 heterocycles. The molecule has 1 rings (SSSR count). The monoisotopic (exact) mass is 177 g/mol. The van der Waals surface area contributed by atoms with Crippen molar-refractivity contribution in [3.05, 3.63) is 35.7 Å². The lowest BCUT2D eigenvalue weighted by molar-refractivity contribution is 0.0594. The van der Waals surface area contributed by atoms with Crippen molar-refractivity contribution in [1.82, 2.24) is 4.98 Å². The Labute approximate surface area is 77.1 Å². The van der Waals surface area contributed by atoms with Crippen molar-refractivity contribution in [2.24, 2.45) is 0 Å². The van der Waals surface area contributed by atoms with Crippen molar-refractivity contribution < 1.29 is 9.53 Å². The molecule has 0 radical (unpaired) electrons. The van der Waals surface area contributed by atoms with Crippen molar-refractivity contribution in [2.45, 2.75) is 6.92 Å². The molecule has 0 bridgehead atoms. The van der Waals surface area contributed by atoms with Gasteiger partial charge in [-0.3, -0.25) is 0 Å². The third kappa shape index (κ3) is 1.93. The van der Waals surface area contributed by atoms with Crippen molar-refractivity contribution in [2.75, 3.05) is 7.11 Å². The molecule has 1 aromatic heterocycles. The molecule has 0 N–H and O–H groups in total. The van der Waals surface area contributed by atoms with Gasteiger partial charge < -0.3 is 4.74 Å². The van der Waals surface area contributed by atoms with E-state index in [2.05, 4.69) is 16.3 Å². The maximum Gasteiger partial charge on any atom is 0.356 e. The van der Waals surface area contributed by atoms with Crippen LogP contribution in [0, 0.1) is 6.92 Å². The lowest BCUT2D eigenvalue weighted by Gasteiger charge is -2.02. The zero-order chi connectivity index (χ0) is 9.84. The molecule has 0 aromatic carbocycles. The molecule has 0 aliphatic heterocycles. The van der Waals surface area contributed by atoms with E-state index < -0.39 is 5.97 Å². The molecule has 3 heteroatoms. The van der Waals surface area contributed by atoms with E-state index in [1.165, 1.54) is 7.11 Å². The fraction of sp³-hybridized carbons (Fsp3) is 0.200. The number of carbonyl (C=O) groups is 1. The summed E-state index contributed by atoms with van der Waals surface area (Å²) in [6.45, 7) is 5.51. The van der Waals surface area contributed by atoms with Crippen molar-refractivity contribution in [1.29, 1.82) is 0 Å². The van der Waals surface area contributed by atoms with Crippen LogP contribution in [0.25, 0.3) is 6.08 Å². The SMILES string of the molecule is C=Cc1nc(C(=O)OC)ccc1C. The van der Waals surface area contributed by atoms with Gasteiger partial charge in [0.2, 0.25) is 0 Å². The first kappa shape index (κ1) is 9.45. The molecule has 13 heavy (non-hydrogen) atoms. The quantitative estimate of drug-likeness (QED) is 0.647. The van der Waals surface area contributed by atoms with Gasteiger partial charge in [-0.2, -0.15) is 0 Å². The van der Waals surface area contributed by atoms with Gasteiger partial charge in [0.25, 0.3) is 0 Å². The first-order chi connectivity index (χ1) is 6.19. The second-order valence-electron chi connectivity index (χ2n) is 2.59. The Balaban J connectivity index is 3.13. The molecule has 68 valence electrons. The predicted molar refractivity (Wildman–Crippen MR) is 50.4 cm³/mol. The second-order valence-corrected chi connectivity index (χ2v) is 2.59. The van der Waals surface area contributed by atoms with Gasteiger partial charge in [0.15, 0.2) is 0 Å². The number of pyridine rings is 1. The molecule has 0 spiro atoms. The van der Waals surface area contributed by atoms with E-state index in [9.17, 15) is 4.79 Å². The zero-order valence-corrected chi connectivity index (χ0v) is 7.70. The van der Waals surface area contributed by atoms with Gasteiger partial charge in [-0.05, 0) is 24.6 Å². The second kappa shape index (κ2) is 3.85. The van der Waals surface area contributed by atoms with Crippen LogP contribution in [0.15, 0.2) is 18.7 Å². The van der Waals surface area contributed by atoms with Gasteiger partial charge in [-0.1, -0.05) is 12.6 Å². The smallest absolute Gasteiger partial charge is 0.356 e. The highest BCUT2D eigenvalue weighted by atomic mass is 16.5. The highest BCUT2D eigenvalue weighted by Crippen LogP contribution is 2.08. The topological polar surface area (TPSA) is 39.2 Å². The maximum absolute atomic E-state index is 11.1. The van der Waals surface area contributed by atoms with E-state index in [4.69, 9.17) is 0 Å². The molecular formula is C10H11NO2. The lowest BCUT2D eigenvalue weighted by atomic mass is 10.2. The molecule has 0 aliphatic carbocycles. The minimum Gasteiger partial charge on any atom is -0.464 e. The number of hydrogen-bond donors (Lipinski definition) is 0. The van der Waals surface area contributed by atoms with E-state index in [-0.39, 0.29) is 0 Å². The normalized spacial score (nSPS) is 9.38. The Hall–Kier alpha value is -1.64. The third-order valence-electron chi connectivity index (χ3n) is 1.72. The summed E-state index contributed by atoms with van der Waals surface area (Å²) in [6.07, 6.45) is 1.61. The number of hydrogen-bond acceptors (Lipinski definition) is 3. The van der Waals surface area contributed by atoms with Gasteiger partial charge in [0.05, 0.1) is 12.8 Å². The van der Waals surface area contributed by atoms with Crippen LogP contribution >= 0.6 is 0 Å². The van der Waals surface area contributed by atoms with Crippen LogP contribution in [0.3, 0.4) is 0 Å². The van der Waals surface area contributed by atoms with Crippen LogP contribution in [0.1, 0.15) is 21.7 Å². The fourth-order valence-electron chi connectivity index (χ4n) is 0.969. The fourth-order valence-corrected chi connectivity index (χ4v) is 0.969. The van der Waals surface area contributed by atoms with Crippen LogP contribution in [0.5, 0.6) is 0 Å². The van der Waals surface area contributed by atoms with Crippen molar-refractivity contribution in [3.63, 3.8) is 0 Å². The molecular weight excluding hydrogens is 166 g/mol. The summed E-state index contributed by atoms with van der Waals surface area (Å²) in [7, 11) is 1.33. The van der Waals surface area contributed by atoms with E-state index in [0.717, 1.165) is 5.56 Å². The molecule has 0 atom stereocenters. The molecule has 0 aliphatic rings. The van der Waals surface area contributed by atoms with Gasteiger partial charge in [0.1, 0.15) is 5.69 Å². The van der Waals surface area contributed by atoms with Crippen molar-refractivity contribution in [3.8, 4) is 0 Å². The molecule has 1 aromatic rings. The minimum absolute atomic E-state index is 0.308. The number of carbonyl (C=O) groups excluding carboxylic acids is 1. The van der Waals surface area contributed by atoms with E-state index in [1.54, 1.807) is 12.1 Å². The van der Waals surface area contributed by atoms with E-state index in [1.807, 2.05) is 13.0 Å². The number of aryl methyl sites for hydroxylation is 1. The average Bonchev–Trinajstić information content (AvgIpc) is 2.17. The number of ether oxygens (including phenoxy) is 1. The Bertz CT molecular complexity index is 345. The number of methoxy groups -OCH3 is 1. The number of nitrogens with zero attached hydrogens (tertiary/aromatic N) is 1. The molecule has 0 fully saturated rings. The number of esters is 1. The highest BCUT2D eigenvalue weighted by Gasteiger charge is 2.07. The Morgan fingerprint density at radius 1 is 1.62 bits per heavy atom. The summed E-state index contributed by atoms with van der Waals surface area (Å²) >= 11 is 0. The van der Waals surface area contributed by atoms with Crippen LogP contribution in [-0.2, 0) is 4.74 Å². The summed E-state index contributed by atoms with van der Waals surface area (Å²) < 4.78 is 4.54. The first-order valence-electron chi connectivity index (χ1n) is 3.87. The average molecular weight is 177 g/mol. The van der Waals surface area contributed by atoms with Gasteiger partial charge in [-0.25, -0.2) is 9.78 Å². The summed E-state index contributed by atoms with van der Waals surface area (Å²) in [6, 6.07) is 3.45. The number of aromatic nitrogens is 1.